The number of ether oxygens (including phenoxy) is 2. The summed E-state index contributed by atoms with van der Waals surface area (Å²) < 4.78 is 39.4. The Bertz CT molecular complexity index is 1660. The number of para-hydroxylation sites is 2. The second-order valence-electron chi connectivity index (χ2n) is 9.58. The van der Waals surface area contributed by atoms with Gasteiger partial charge in [-0.05, 0) is 73.5 Å². The minimum absolute atomic E-state index is 0.0353. The highest BCUT2D eigenvalue weighted by molar-refractivity contribution is 7.92. The smallest absolute Gasteiger partial charge is 0.264 e. The van der Waals surface area contributed by atoms with Crippen molar-refractivity contribution in [2.75, 3.05) is 24.1 Å². The molecule has 0 fully saturated rings. The quantitative estimate of drug-likeness (QED) is 0.157. The fourth-order valence-corrected chi connectivity index (χ4v) is 5.66. The van der Waals surface area contributed by atoms with Crippen molar-refractivity contribution >= 4 is 33.7 Å². The molecule has 0 aliphatic rings. The Morgan fingerprint density at radius 2 is 1.48 bits per heavy atom. The van der Waals surface area contributed by atoms with Crippen LogP contribution in [0.3, 0.4) is 0 Å². The molecule has 10 nitrogen and oxygen atoms in total. The molecule has 4 rings (SSSR count). The Morgan fingerprint density at radius 3 is 2.16 bits per heavy atom. The van der Waals surface area contributed by atoms with Gasteiger partial charge >= 0.3 is 0 Å². The van der Waals surface area contributed by atoms with Crippen LogP contribution in [0.5, 0.6) is 11.5 Å². The van der Waals surface area contributed by atoms with E-state index in [1.165, 1.54) is 18.3 Å². The van der Waals surface area contributed by atoms with Crippen molar-refractivity contribution in [3.63, 3.8) is 0 Å². The lowest BCUT2D eigenvalue weighted by Gasteiger charge is -2.25. The lowest BCUT2D eigenvalue weighted by molar-refractivity contribution is -0.123. The van der Waals surface area contributed by atoms with Crippen LogP contribution in [0.25, 0.3) is 0 Å². The molecule has 228 valence electrons. The van der Waals surface area contributed by atoms with Crippen molar-refractivity contribution in [3.8, 4) is 11.5 Å². The van der Waals surface area contributed by atoms with Gasteiger partial charge in [-0.2, -0.15) is 5.10 Å². The van der Waals surface area contributed by atoms with Crippen LogP contribution in [0.1, 0.15) is 31.0 Å². The van der Waals surface area contributed by atoms with E-state index in [1.807, 2.05) is 37.3 Å². The van der Waals surface area contributed by atoms with Crippen LogP contribution in [0.4, 0.5) is 5.69 Å². The van der Waals surface area contributed by atoms with Crippen LogP contribution >= 0.6 is 0 Å². The first kappa shape index (κ1) is 31.8. The monoisotopic (exact) mass is 614 g/mol. The highest BCUT2D eigenvalue weighted by Crippen LogP contribution is 2.32. The SMILES string of the molecule is CCOc1ccccc1N(CC(=O)N/N=C\c1ccc(OCC(=O)N[C@H](C)c2ccccc2)cc1)S(=O)(=O)c1ccccc1. The van der Waals surface area contributed by atoms with E-state index in [0.29, 0.717) is 23.7 Å². The Labute approximate surface area is 257 Å². The number of nitrogens with zero attached hydrogens (tertiary/aromatic N) is 2. The molecular formula is C33H34N4O6S. The van der Waals surface area contributed by atoms with Gasteiger partial charge in [-0.1, -0.05) is 60.7 Å². The third-order valence-corrected chi connectivity index (χ3v) is 8.16. The molecule has 0 aliphatic carbocycles. The highest BCUT2D eigenvalue weighted by atomic mass is 32.2. The summed E-state index contributed by atoms with van der Waals surface area (Å²) >= 11 is 0. The fraction of sp³-hybridized carbons (Fsp3) is 0.182. The molecule has 0 saturated heterocycles. The average molecular weight is 615 g/mol. The van der Waals surface area contributed by atoms with Crippen LogP contribution in [-0.2, 0) is 19.6 Å². The third kappa shape index (κ3) is 8.68. The largest absolute Gasteiger partial charge is 0.492 e. The van der Waals surface area contributed by atoms with Gasteiger partial charge in [0, 0.05) is 0 Å². The summed E-state index contributed by atoms with van der Waals surface area (Å²) in [6, 6.07) is 30.8. The van der Waals surface area contributed by atoms with E-state index in [1.54, 1.807) is 73.7 Å². The molecule has 4 aromatic carbocycles. The van der Waals surface area contributed by atoms with Gasteiger partial charge in [0.1, 0.15) is 18.0 Å². The number of nitrogens with one attached hydrogen (secondary N) is 2. The molecule has 0 bridgehead atoms. The van der Waals surface area contributed by atoms with E-state index in [0.717, 1.165) is 9.87 Å². The van der Waals surface area contributed by atoms with Gasteiger partial charge in [-0.15, -0.1) is 0 Å². The van der Waals surface area contributed by atoms with Gasteiger partial charge in [0.05, 0.1) is 29.4 Å². The van der Waals surface area contributed by atoms with Gasteiger partial charge in [-0.25, -0.2) is 13.8 Å². The number of hydrogen-bond donors (Lipinski definition) is 2. The minimum Gasteiger partial charge on any atom is -0.492 e. The number of hydrazone groups is 1. The molecule has 0 saturated carbocycles. The van der Waals surface area contributed by atoms with Crippen molar-refractivity contribution in [2.24, 2.45) is 5.10 Å². The van der Waals surface area contributed by atoms with Crippen LogP contribution < -0.4 is 24.5 Å². The maximum absolute atomic E-state index is 13.6. The zero-order chi connectivity index (χ0) is 31.4. The summed E-state index contributed by atoms with van der Waals surface area (Å²) in [5, 5.41) is 6.88. The second kappa shape index (κ2) is 15.4. The van der Waals surface area contributed by atoms with Crippen molar-refractivity contribution in [1.29, 1.82) is 0 Å². The molecular weight excluding hydrogens is 580 g/mol. The van der Waals surface area contributed by atoms with Gasteiger partial charge < -0.3 is 14.8 Å². The van der Waals surface area contributed by atoms with Crippen molar-refractivity contribution < 1.29 is 27.5 Å². The average Bonchev–Trinajstić information content (AvgIpc) is 3.04. The first-order chi connectivity index (χ1) is 21.3. The summed E-state index contributed by atoms with van der Waals surface area (Å²) in [6.45, 7) is 3.33. The minimum atomic E-state index is -4.11. The molecule has 2 amide bonds. The van der Waals surface area contributed by atoms with Crippen LogP contribution in [-0.4, -0.2) is 46.2 Å². The van der Waals surface area contributed by atoms with E-state index < -0.39 is 22.5 Å². The van der Waals surface area contributed by atoms with Gasteiger partial charge in [-0.3, -0.25) is 13.9 Å². The first-order valence-electron chi connectivity index (χ1n) is 14.0. The van der Waals surface area contributed by atoms with Crippen LogP contribution in [0, 0.1) is 0 Å². The zero-order valence-electron chi connectivity index (χ0n) is 24.4. The lowest BCUT2D eigenvalue weighted by Crippen LogP contribution is -2.39. The fourth-order valence-electron chi connectivity index (χ4n) is 4.21. The standard InChI is InChI=1S/C33H34N4O6S/c1-3-42-31-17-11-10-16-30(31)37(44(40,41)29-14-8-5-9-15-29)23-32(38)36-34-22-26-18-20-28(21-19-26)43-24-33(39)35-25(2)27-12-6-4-7-13-27/h4-22,25H,3,23-24H2,1-2H3,(H,35,39)(H,36,38)/b34-22-/t25-/m1/s1. The molecule has 0 radical (unpaired) electrons. The zero-order valence-corrected chi connectivity index (χ0v) is 25.2. The molecule has 0 unspecified atom stereocenters. The third-order valence-electron chi connectivity index (χ3n) is 6.38. The molecule has 44 heavy (non-hydrogen) atoms. The van der Waals surface area contributed by atoms with E-state index >= 15 is 0 Å². The van der Waals surface area contributed by atoms with Gasteiger partial charge in [0.2, 0.25) is 0 Å². The Hall–Kier alpha value is -5.16. The van der Waals surface area contributed by atoms with E-state index in [9.17, 15) is 18.0 Å². The van der Waals surface area contributed by atoms with Gasteiger partial charge in [0.15, 0.2) is 6.61 Å². The van der Waals surface area contributed by atoms with Crippen molar-refractivity contribution in [1.82, 2.24) is 10.7 Å². The van der Waals surface area contributed by atoms with Crippen LogP contribution in [0.15, 0.2) is 119 Å². The lowest BCUT2D eigenvalue weighted by atomic mass is 10.1. The molecule has 2 N–H and O–H groups in total. The number of anilines is 1. The molecule has 1 atom stereocenters. The summed E-state index contributed by atoms with van der Waals surface area (Å²) in [6.07, 6.45) is 1.42. The Kier molecular flexibility index (Phi) is 11.1. The van der Waals surface area contributed by atoms with Crippen molar-refractivity contribution in [2.45, 2.75) is 24.8 Å². The number of hydrogen-bond acceptors (Lipinski definition) is 7. The molecule has 11 heteroatoms. The summed E-state index contributed by atoms with van der Waals surface area (Å²) in [5.74, 6) is -0.0793. The maximum atomic E-state index is 13.6. The maximum Gasteiger partial charge on any atom is 0.264 e. The molecule has 0 aliphatic heterocycles. The topological polar surface area (TPSA) is 126 Å². The van der Waals surface area contributed by atoms with Crippen molar-refractivity contribution in [3.05, 3.63) is 120 Å². The number of benzene rings is 4. The van der Waals surface area contributed by atoms with E-state index in [4.69, 9.17) is 9.47 Å². The molecule has 0 aromatic heterocycles. The van der Waals surface area contributed by atoms with E-state index in [2.05, 4.69) is 15.8 Å². The number of amides is 2. The first-order valence-corrected chi connectivity index (χ1v) is 15.4. The van der Waals surface area contributed by atoms with Crippen LogP contribution in [0.2, 0.25) is 0 Å². The number of carbonyl (C=O) groups is 2. The number of sulfonamides is 1. The van der Waals surface area contributed by atoms with E-state index in [-0.39, 0.29) is 29.1 Å². The Balaban J connectivity index is 1.35. The van der Waals surface area contributed by atoms with Gasteiger partial charge in [0.25, 0.3) is 21.8 Å². The summed E-state index contributed by atoms with van der Waals surface area (Å²) in [4.78, 5) is 25.2. The molecule has 0 heterocycles. The summed E-state index contributed by atoms with van der Waals surface area (Å²) in [7, 11) is -4.11. The second-order valence-corrected chi connectivity index (χ2v) is 11.4. The number of rotatable bonds is 14. The normalized spacial score (nSPS) is 11.9. The molecule has 0 spiro atoms. The molecule has 4 aromatic rings. The summed E-state index contributed by atoms with van der Waals surface area (Å²) in [5.41, 5.74) is 4.27. The predicted molar refractivity (Wildman–Crippen MR) is 169 cm³/mol. The predicted octanol–water partition coefficient (Wildman–Crippen LogP) is 4.69. The highest BCUT2D eigenvalue weighted by Gasteiger charge is 2.29. The number of carbonyl (C=O) groups excluding carboxylic acids is 2. The Morgan fingerprint density at radius 1 is 0.841 bits per heavy atom.